The molecule has 1 saturated heterocycles. The maximum atomic E-state index is 13.9. The van der Waals surface area contributed by atoms with E-state index < -0.39 is 23.3 Å². The van der Waals surface area contributed by atoms with Gasteiger partial charge in [-0.2, -0.15) is 18.2 Å². The Morgan fingerprint density at radius 2 is 1.83 bits per heavy atom. The first kappa shape index (κ1) is 28.0. The van der Waals surface area contributed by atoms with E-state index in [0.717, 1.165) is 36.7 Å². The number of carbonyl (C=O) groups is 1. The second kappa shape index (κ2) is 10.4. The summed E-state index contributed by atoms with van der Waals surface area (Å²) < 4.78 is 69.2. The Hall–Kier alpha value is -2.62. The van der Waals surface area contributed by atoms with Crippen LogP contribution in [-0.2, 0) is 29.9 Å². The topological polar surface area (TPSA) is 57.8 Å². The van der Waals surface area contributed by atoms with Crippen LogP contribution in [0.3, 0.4) is 0 Å². The van der Waals surface area contributed by atoms with Gasteiger partial charge in [-0.05, 0) is 44.9 Å². The van der Waals surface area contributed by atoms with Crippen molar-refractivity contribution in [2.75, 3.05) is 13.2 Å². The summed E-state index contributed by atoms with van der Waals surface area (Å²) in [5.41, 5.74) is -1.90. The van der Waals surface area contributed by atoms with Gasteiger partial charge in [0.15, 0.2) is 5.49 Å². The third-order valence-corrected chi connectivity index (χ3v) is 6.12. The standard InChI is InChI=1S/C26H35F4N3O3/c1-24(2,3)21-15-22(33(32(21)6)16-18-8-7-12-35-18)31-23(34)19-14-17(26(28,29)30)9-10-20(19)36-13-11-25(4,5)27/h9-10,14-15,18H,7-8,11-13,16H2,1-6H3/t18-/m1/s1. The predicted octanol–water partition coefficient (Wildman–Crippen LogP) is 5.58. The van der Waals surface area contributed by atoms with E-state index in [9.17, 15) is 22.4 Å². The van der Waals surface area contributed by atoms with E-state index in [-0.39, 0.29) is 35.9 Å². The molecule has 200 valence electrons. The first-order valence-electron chi connectivity index (χ1n) is 12.1. The summed E-state index contributed by atoms with van der Waals surface area (Å²) in [7, 11) is 1.86. The van der Waals surface area contributed by atoms with E-state index in [1.54, 1.807) is 6.07 Å². The quantitative estimate of drug-likeness (QED) is 0.454. The van der Waals surface area contributed by atoms with Gasteiger partial charge in [0.05, 0.1) is 30.4 Å². The second-order valence-electron chi connectivity index (χ2n) is 10.8. The number of nitrogens with zero attached hydrogens (tertiary/aromatic N) is 3. The summed E-state index contributed by atoms with van der Waals surface area (Å²) in [5.74, 6) is -0.943. The minimum absolute atomic E-state index is 0.00775. The fourth-order valence-corrected chi connectivity index (χ4v) is 4.13. The molecule has 1 aliphatic heterocycles. The number of aromatic nitrogens is 2. The fourth-order valence-electron chi connectivity index (χ4n) is 4.13. The SMILES string of the molecule is Cn1c(C(C)(C)C)cc(=NC(=O)c2cc(C(F)(F)F)ccc2OCCC(C)(C)F)n1C[C@H]1CCCO1. The van der Waals surface area contributed by atoms with Crippen molar-refractivity contribution < 1.29 is 31.8 Å². The molecule has 0 radical (unpaired) electrons. The molecule has 1 fully saturated rings. The Kier molecular flexibility index (Phi) is 8.07. The maximum Gasteiger partial charge on any atom is 0.416 e. The lowest BCUT2D eigenvalue weighted by Gasteiger charge is -2.21. The molecule has 2 heterocycles. The summed E-state index contributed by atoms with van der Waals surface area (Å²) in [4.78, 5) is 17.5. The molecule has 36 heavy (non-hydrogen) atoms. The van der Waals surface area contributed by atoms with Gasteiger partial charge in [-0.1, -0.05) is 20.8 Å². The minimum atomic E-state index is -4.65. The molecule has 0 aliphatic carbocycles. The molecule has 1 aromatic carbocycles. The zero-order valence-electron chi connectivity index (χ0n) is 21.7. The van der Waals surface area contributed by atoms with Gasteiger partial charge in [0.1, 0.15) is 11.4 Å². The number of ether oxygens (including phenoxy) is 2. The molecule has 6 nitrogen and oxygen atoms in total. The molecule has 1 aromatic heterocycles. The molecule has 0 spiro atoms. The summed E-state index contributed by atoms with van der Waals surface area (Å²) in [5, 5.41) is 0. The van der Waals surface area contributed by atoms with Crippen molar-refractivity contribution in [3.8, 4) is 5.75 Å². The van der Waals surface area contributed by atoms with Crippen LogP contribution in [0.1, 0.15) is 75.5 Å². The number of rotatable bonds is 7. The number of halogens is 4. The number of benzene rings is 1. The van der Waals surface area contributed by atoms with Crippen LogP contribution in [0.2, 0.25) is 0 Å². The lowest BCUT2D eigenvalue weighted by molar-refractivity contribution is -0.137. The van der Waals surface area contributed by atoms with E-state index in [0.29, 0.717) is 18.6 Å². The largest absolute Gasteiger partial charge is 0.493 e. The van der Waals surface area contributed by atoms with Crippen molar-refractivity contribution >= 4 is 5.91 Å². The molecule has 0 unspecified atom stereocenters. The molecular formula is C26H35F4N3O3. The first-order chi connectivity index (χ1) is 16.6. The number of amides is 1. The van der Waals surface area contributed by atoms with Gasteiger partial charge in [0.25, 0.3) is 5.91 Å². The van der Waals surface area contributed by atoms with Crippen LogP contribution in [0.15, 0.2) is 29.3 Å². The van der Waals surface area contributed by atoms with Crippen LogP contribution in [0, 0.1) is 0 Å². The molecule has 2 aromatic rings. The molecular weight excluding hydrogens is 478 g/mol. The Labute approximate surface area is 208 Å². The monoisotopic (exact) mass is 513 g/mol. The predicted molar refractivity (Wildman–Crippen MR) is 128 cm³/mol. The number of alkyl halides is 4. The van der Waals surface area contributed by atoms with E-state index >= 15 is 0 Å². The first-order valence-corrected chi connectivity index (χ1v) is 12.1. The number of hydrogen-bond donors (Lipinski definition) is 0. The van der Waals surface area contributed by atoms with E-state index in [2.05, 4.69) is 4.99 Å². The molecule has 0 bridgehead atoms. The van der Waals surface area contributed by atoms with Crippen molar-refractivity contribution in [3.05, 3.63) is 46.6 Å². The molecule has 1 aliphatic rings. The molecule has 10 heteroatoms. The van der Waals surface area contributed by atoms with Gasteiger partial charge in [-0.25, -0.2) is 4.39 Å². The lowest BCUT2D eigenvalue weighted by atomic mass is 9.92. The smallest absolute Gasteiger partial charge is 0.416 e. The molecule has 0 N–H and O–H groups in total. The van der Waals surface area contributed by atoms with E-state index in [1.165, 1.54) is 13.8 Å². The van der Waals surface area contributed by atoms with Crippen LogP contribution in [0.4, 0.5) is 17.6 Å². The Morgan fingerprint density at radius 3 is 2.39 bits per heavy atom. The molecule has 0 saturated carbocycles. The average Bonchev–Trinajstić information content (AvgIpc) is 3.35. The fraction of sp³-hybridized carbons (Fsp3) is 0.615. The second-order valence-corrected chi connectivity index (χ2v) is 10.8. The normalized spacial score (nSPS) is 17.6. The van der Waals surface area contributed by atoms with Gasteiger partial charge in [0, 0.05) is 37.3 Å². The third-order valence-electron chi connectivity index (χ3n) is 6.12. The van der Waals surface area contributed by atoms with Gasteiger partial charge in [-0.3, -0.25) is 14.2 Å². The Morgan fingerprint density at radius 1 is 1.14 bits per heavy atom. The average molecular weight is 514 g/mol. The summed E-state index contributed by atoms with van der Waals surface area (Å²) >= 11 is 0. The summed E-state index contributed by atoms with van der Waals surface area (Å²) in [6.07, 6.45) is -2.88. The van der Waals surface area contributed by atoms with Crippen LogP contribution >= 0.6 is 0 Å². The van der Waals surface area contributed by atoms with Crippen LogP contribution < -0.4 is 10.2 Å². The zero-order chi connectivity index (χ0) is 26.9. The van der Waals surface area contributed by atoms with Crippen molar-refractivity contribution in [1.29, 1.82) is 0 Å². The maximum absolute atomic E-state index is 13.9. The Balaban J connectivity index is 2.06. The highest BCUT2D eigenvalue weighted by Crippen LogP contribution is 2.33. The highest BCUT2D eigenvalue weighted by molar-refractivity contribution is 5.97. The minimum Gasteiger partial charge on any atom is -0.493 e. The zero-order valence-corrected chi connectivity index (χ0v) is 21.7. The van der Waals surface area contributed by atoms with Crippen molar-refractivity contribution in [1.82, 2.24) is 9.36 Å². The molecule has 1 atom stereocenters. The lowest BCUT2D eigenvalue weighted by Crippen LogP contribution is -2.30. The molecule has 3 rings (SSSR count). The van der Waals surface area contributed by atoms with Crippen LogP contribution in [0.25, 0.3) is 0 Å². The Bertz CT molecular complexity index is 1150. The van der Waals surface area contributed by atoms with Crippen molar-refractivity contribution in [3.63, 3.8) is 0 Å². The van der Waals surface area contributed by atoms with Crippen molar-refractivity contribution in [2.24, 2.45) is 12.0 Å². The highest BCUT2D eigenvalue weighted by atomic mass is 19.4. The van der Waals surface area contributed by atoms with Gasteiger partial charge >= 0.3 is 6.18 Å². The number of carbonyl (C=O) groups excluding carboxylic acids is 1. The van der Waals surface area contributed by atoms with Gasteiger partial charge < -0.3 is 9.47 Å². The van der Waals surface area contributed by atoms with E-state index in [1.807, 2.05) is 37.2 Å². The molecule has 1 amide bonds. The number of hydrogen-bond acceptors (Lipinski definition) is 3. The van der Waals surface area contributed by atoms with Gasteiger partial charge in [0.2, 0.25) is 0 Å². The van der Waals surface area contributed by atoms with Crippen LogP contribution in [0.5, 0.6) is 5.75 Å². The van der Waals surface area contributed by atoms with E-state index in [4.69, 9.17) is 9.47 Å². The van der Waals surface area contributed by atoms with Crippen LogP contribution in [-0.4, -0.2) is 40.3 Å². The highest BCUT2D eigenvalue weighted by Gasteiger charge is 2.32. The van der Waals surface area contributed by atoms with Crippen molar-refractivity contribution in [2.45, 2.75) is 83.8 Å². The summed E-state index contributed by atoms with van der Waals surface area (Å²) in [6.45, 7) is 9.83. The summed E-state index contributed by atoms with van der Waals surface area (Å²) in [6, 6.07) is 4.43. The third kappa shape index (κ3) is 6.99. The van der Waals surface area contributed by atoms with Gasteiger partial charge in [-0.15, -0.1) is 0 Å².